The molecular weight excluding hydrogens is 388 g/mol. The molecule has 0 saturated heterocycles. The van der Waals surface area contributed by atoms with Gasteiger partial charge in [0.1, 0.15) is 0 Å². The van der Waals surface area contributed by atoms with Gasteiger partial charge < -0.3 is 5.32 Å². The molecular formula is C21H24N4O3S. The summed E-state index contributed by atoms with van der Waals surface area (Å²) in [5, 5.41) is 7.07. The lowest BCUT2D eigenvalue weighted by Crippen LogP contribution is -2.27. The van der Waals surface area contributed by atoms with Crippen molar-refractivity contribution in [1.29, 1.82) is 0 Å². The van der Waals surface area contributed by atoms with Gasteiger partial charge in [-0.05, 0) is 56.7 Å². The van der Waals surface area contributed by atoms with E-state index in [9.17, 15) is 13.2 Å². The lowest BCUT2D eigenvalue weighted by atomic mass is 10.1. The maximum Gasteiger partial charge on any atom is 0.241 e. The number of nitrogens with zero attached hydrogens (tertiary/aromatic N) is 2. The van der Waals surface area contributed by atoms with Gasteiger partial charge in [-0.3, -0.25) is 4.79 Å². The number of amides is 1. The van der Waals surface area contributed by atoms with E-state index in [-0.39, 0.29) is 10.8 Å². The number of hydrogen-bond acceptors (Lipinski definition) is 4. The molecule has 1 atom stereocenters. The smallest absolute Gasteiger partial charge is 0.241 e. The van der Waals surface area contributed by atoms with Gasteiger partial charge >= 0.3 is 0 Å². The van der Waals surface area contributed by atoms with Crippen LogP contribution in [0.2, 0.25) is 0 Å². The summed E-state index contributed by atoms with van der Waals surface area (Å²) in [5.74, 6) is -0.214. The quantitative estimate of drug-likeness (QED) is 0.648. The van der Waals surface area contributed by atoms with E-state index in [1.807, 2.05) is 42.8 Å². The number of rotatable bonds is 6. The van der Waals surface area contributed by atoms with E-state index in [1.165, 1.54) is 19.1 Å². The van der Waals surface area contributed by atoms with Gasteiger partial charge in [-0.25, -0.2) is 17.8 Å². The van der Waals surface area contributed by atoms with Gasteiger partial charge in [0.25, 0.3) is 0 Å². The summed E-state index contributed by atoms with van der Waals surface area (Å²) in [6, 6.07) is 13.5. The van der Waals surface area contributed by atoms with Crippen LogP contribution >= 0.6 is 0 Å². The number of benzene rings is 2. The van der Waals surface area contributed by atoms with Crippen molar-refractivity contribution in [2.75, 3.05) is 5.32 Å². The van der Waals surface area contributed by atoms with Crippen LogP contribution in [-0.4, -0.2) is 24.1 Å². The van der Waals surface area contributed by atoms with E-state index in [4.69, 9.17) is 0 Å². The summed E-state index contributed by atoms with van der Waals surface area (Å²) in [6.45, 7) is 7.11. The monoisotopic (exact) mass is 412 g/mol. The zero-order chi connectivity index (χ0) is 21.2. The van der Waals surface area contributed by atoms with Crippen LogP contribution in [0.1, 0.15) is 36.7 Å². The first-order valence-corrected chi connectivity index (χ1v) is 10.7. The number of aromatic nitrogens is 2. The molecule has 0 spiro atoms. The fraction of sp³-hybridized carbons (Fsp3) is 0.238. The summed E-state index contributed by atoms with van der Waals surface area (Å²) < 4.78 is 30.0. The minimum Gasteiger partial charge on any atom is -0.326 e. The molecule has 1 amide bonds. The molecule has 3 rings (SSSR count). The highest BCUT2D eigenvalue weighted by molar-refractivity contribution is 7.89. The first-order chi connectivity index (χ1) is 13.7. The zero-order valence-corrected chi connectivity index (χ0v) is 17.6. The van der Waals surface area contributed by atoms with Gasteiger partial charge in [0, 0.05) is 29.9 Å². The Hall–Kier alpha value is -2.97. The number of sulfonamides is 1. The first-order valence-electron chi connectivity index (χ1n) is 9.19. The van der Waals surface area contributed by atoms with Gasteiger partial charge in [0.05, 0.1) is 16.8 Å². The first kappa shape index (κ1) is 20.8. The molecule has 29 heavy (non-hydrogen) atoms. The zero-order valence-electron chi connectivity index (χ0n) is 16.8. The third-order valence-corrected chi connectivity index (χ3v) is 6.23. The Morgan fingerprint density at radius 2 is 1.72 bits per heavy atom. The molecule has 0 fully saturated rings. The average molecular weight is 413 g/mol. The molecule has 2 aromatic carbocycles. The summed E-state index contributed by atoms with van der Waals surface area (Å²) in [6.07, 6.45) is 1.69. The van der Waals surface area contributed by atoms with Crippen molar-refractivity contribution in [2.24, 2.45) is 0 Å². The highest BCUT2D eigenvalue weighted by atomic mass is 32.2. The Morgan fingerprint density at radius 1 is 1.07 bits per heavy atom. The van der Waals surface area contributed by atoms with Crippen LogP contribution in [0.25, 0.3) is 5.69 Å². The second-order valence-electron chi connectivity index (χ2n) is 6.93. The highest BCUT2D eigenvalue weighted by Gasteiger charge is 2.22. The molecule has 152 valence electrons. The van der Waals surface area contributed by atoms with Crippen LogP contribution < -0.4 is 10.0 Å². The molecule has 8 heteroatoms. The summed E-state index contributed by atoms with van der Waals surface area (Å²) in [5.41, 5.74) is 4.25. The van der Waals surface area contributed by atoms with Crippen molar-refractivity contribution < 1.29 is 13.2 Å². The van der Waals surface area contributed by atoms with Crippen LogP contribution in [-0.2, 0) is 14.8 Å². The number of carbonyl (C=O) groups excluding carboxylic acids is 1. The standard InChI is InChI=1S/C21H24N4O3S/c1-14-7-5-6-8-21(14)25-16(3)20(13-22-25)15(2)24-29(27,28)19-11-9-18(10-12-19)23-17(4)26/h5-13,15,24H,1-4H3,(H,23,26). The van der Waals surface area contributed by atoms with Gasteiger partial charge in [0.2, 0.25) is 15.9 Å². The summed E-state index contributed by atoms with van der Waals surface area (Å²) in [7, 11) is -3.73. The predicted molar refractivity (Wildman–Crippen MR) is 113 cm³/mol. The molecule has 0 aliphatic rings. The normalized spacial score (nSPS) is 12.6. The van der Waals surface area contributed by atoms with Crippen LogP contribution in [0.15, 0.2) is 59.6 Å². The lowest BCUT2D eigenvalue weighted by Gasteiger charge is -2.15. The molecule has 1 heterocycles. The molecule has 0 saturated carbocycles. The van der Waals surface area contributed by atoms with Crippen molar-refractivity contribution in [3.63, 3.8) is 0 Å². The van der Waals surface area contributed by atoms with Crippen molar-refractivity contribution in [1.82, 2.24) is 14.5 Å². The fourth-order valence-corrected chi connectivity index (χ4v) is 4.40. The average Bonchev–Trinajstić information content (AvgIpc) is 3.03. The summed E-state index contributed by atoms with van der Waals surface area (Å²) in [4.78, 5) is 11.2. The molecule has 0 radical (unpaired) electrons. The molecule has 1 aromatic heterocycles. The second-order valence-corrected chi connectivity index (χ2v) is 8.65. The van der Waals surface area contributed by atoms with Crippen LogP contribution in [0.3, 0.4) is 0 Å². The van der Waals surface area contributed by atoms with Gasteiger partial charge in [0.15, 0.2) is 0 Å². The number of carbonyl (C=O) groups is 1. The van der Waals surface area contributed by atoms with Crippen LogP contribution in [0.4, 0.5) is 5.69 Å². The van der Waals surface area contributed by atoms with E-state index >= 15 is 0 Å². The Labute approximate surface area is 170 Å². The van der Waals surface area contributed by atoms with Gasteiger partial charge in [-0.15, -0.1) is 0 Å². The third-order valence-electron chi connectivity index (χ3n) is 4.67. The van der Waals surface area contributed by atoms with E-state index in [0.29, 0.717) is 5.69 Å². The maximum atomic E-state index is 12.8. The Balaban J connectivity index is 1.82. The number of aryl methyl sites for hydroxylation is 1. The van der Waals surface area contributed by atoms with Crippen molar-refractivity contribution in [2.45, 2.75) is 38.6 Å². The second kappa shape index (κ2) is 8.18. The molecule has 7 nitrogen and oxygen atoms in total. The Kier molecular flexibility index (Phi) is 5.86. The summed E-state index contributed by atoms with van der Waals surface area (Å²) >= 11 is 0. The molecule has 0 aliphatic carbocycles. The van der Waals surface area contributed by atoms with Crippen molar-refractivity contribution in [3.8, 4) is 5.69 Å². The predicted octanol–water partition coefficient (Wildman–Crippen LogP) is 3.49. The molecule has 2 N–H and O–H groups in total. The molecule has 1 unspecified atom stereocenters. The largest absolute Gasteiger partial charge is 0.326 e. The van der Waals surface area contributed by atoms with Crippen LogP contribution in [0.5, 0.6) is 0 Å². The fourth-order valence-electron chi connectivity index (χ4n) is 3.18. The van der Waals surface area contributed by atoms with Gasteiger partial charge in [-0.1, -0.05) is 18.2 Å². The SMILES string of the molecule is CC(=O)Nc1ccc(S(=O)(=O)NC(C)c2cnn(-c3ccccc3C)c2C)cc1. The minimum absolute atomic E-state index is 0.127. The van der Waals surface area contributed by atoms with E-state index < -0.39 is 16.1 Å². The maximum absolute atomic E-state index is 12.8. The van der Waals surface area contributed by atoms with E-state index in [0.717, 1.165) is 22.5 Å². The Morgan fingerprint density at radius 3 is 2.34 bits per heavy atom. The van der Waals surface area contributed by atoms with Crippen LogP contribution in [0, 0.1) is 13.8 Å². The molecule has 0 bridgehead atoms. The number of anilines is 1. The van der Waals surface area contributed by atoms with Gasteiger partial charge in [-0.2, -0.15) is 5.10 Å². The molecule has 0 aliphatic heterocycles. The van der Waals surface area contributed by atoms with Crippen molar-refractivity contribution >= 4 is 21.6 Å². The third kappa shape index (κ3) is 4.55. The van der Waals surface area contributed by atoms with E-state index in [1.54, 1.807) is 25.3 Å². The number of hydrogen-bond donors (Lipinski definition) is 2. The van der Waals surface area contributed by atoms with Crippen molar-refractivity contribution in [3.05, 3.63) is 71.5 Å². The molecule has 3 aromatic rings. The lowest BCUT2D eigenvalue weighted by molar-refractivity contribution is -0.114. The number of para-hydroxylation sites is 1. The topological polar surface area (TPSA) is 93.1 Å². The van der Waals surface area contributed by atoms with E-state index in [2.05, 4.69) is 15.1 Å². The minimum atomic E-state index is -3.73. The highest BCUT2D eigenvalue weighted by Crippen LogP contribution is 2.24. The number of nitrogens with one attached hydrogen (secondary N) is 2. The Bertz CT molecular complexity index is 1130.